The molecule has 1 N–H and O–H groups in total. The number of rotatable bonds is 7. The van der Waals surface area contributed by atoms with Gasteiger partial charge >= 0.3 is 0 Å². The van der Waals surface area contributed by atoms with Crippen LogP contribution in [0.1, 0.15) is 82.8 Å². The summed E-state index contributed by atoms with van der Waals surface area (Å²) < 4.78 is 14.6. The Morgan fingerprint density at radius 3 is 2.67 bits per heavy atom. The highest BCUT2D eigenvalue weighted by atomic mass is 19.1. The molecule has 0 bridgehead atoms. The van der Waals surface area contributed by atoms with E-state index in [9.17, 15) is 4.39 Å². The molecule has 1 aliphatic carbocycles. The number of fused-ring (bicyclic) bond motifs is 1. The van der Waals surface area contributed by atoms with Crippen molar-refractivity contribution in [2.75, 3.05) is 6.54 Å². The van der Waals surface area contributed by atoms with E-state index in [1.807, 2.05) is 6.07 Å². The van der Waals surface area contributed by atoms with Gasteiger partial charge in [-0.15, -0.1) is 0 Å². The van der Waals surface area contributed by atoms with Gasteiger partial charge in [0, 0.05) is 12.1 Å². The van der Waals surface area contributed by atoms with Crippen LogP contribution in [0.3, 0.4) is 0 Å². The molecule has 24 heavy (non-hydrogen) atoms. The fourth-order valence-electron chi connectivity index (χ4n) is 5.53. The standard InChI is InChI=1S/C22H34FN/c1-3-5-10-17(9-4-2)22(18-11-6-7-12-18)20-13-8-14-21(23)19(20)15-16-24-22/h8,13-14,17-18,24H,3-7,9-12,15-16H2,1-2H3. The van der Waals surface area contributed by atoms with Gasteiger partial charge in [-0.25, -0.2) is 4.39 Å². The maximum Gasteiger partial charge on any atom is 0.126 e. The fraction of sp³-hybridized carbons (Fsp3) is 0.727. The molecule has 1 aromatic rings. The Bertz CT molecular complexity index is 535. The first-order valence-electron chi connectivity index (χ1n) is 10.3. The van der Waals surface area contributed by atoms with E-state index in [0.717, 1.165) is 18.5 Å². The SMILES string of the molecule is CCCCC(CCC)C1(C2CCCC2)NCCc2c(F)cccc21. The van der Waals surface area contributed by atoms with Crippen LogP contribution < -0.4 is 5.32 Å². The molecular formula is C22H34FN. The molecule has 1 nitrogen and oxygen atoms in total. The van der Waals surface area contributed by atoms with Gasteiger partial charge in [0.1, 0.15) is 5.82 Å². The van der Waals surface area contributed by atoms with Gasteiger partial charge in [-0.1, -0.05) is 58.1 Å². The molecule has 1 saturated carbocycles. The molecule has 134 valence electrons. The average molecular weight is 332 g/mol. The molecule has 0 saturated heterocycles. The first-order valence-corrected chi connectivity index (χ1v) is 10.3. The van der Waals surface area contributed by atoms with Crippen molar-refractivity contribution >= 4 is 0 Å². The van der Waals surface area contributed by atoms with Crippen LogP contribution in [0.25, 0.3) is 0 Å². The zero-order valence-electron chi connectivity index (χ0n) is 15.5. The average Bonchev–Trinajstić information content (AvgIpc) is 3.14. The van der Waals surface area contributed by atoms with Gasteiger partial charge in [-0.3, -0.25) is 0 Å². The van der Waals surface area contributed by atoms with Crippen LogP contribution in [-0.4, -0.2) is 6.54 Å². The summed E-state index contributed by atoms with van der Waals surface area (Å²) >= 11 is 0. The van der Waals surface area contributed by atoms with Gasteiger partial charge in [0.2, 0.25) is 0 Å². The molecular weight excluding hydrogens is 297 g/mol. The van der Waals surface area contributed by atoms with Crippen molar-refractivity contribution in [1.82, 2.24) is 5.32 Å². The molecule has 1 aliphatic heterocycles. The number of hydrogen-bond donors (Lipinski definition) is 1. The zero-order valence-corrected chi connectivity index (χ0v) is 15.5. The van der Waals surface area contributed by atoms with Crippen molar-refractivity contribution in [3.8, 4) is 0 Å². The van der Waals surface area contributed by atoms with Crippen LogP contribution in [0.2, 0.25) is 0 Å². The second-order valence-electron chi connectivity index (χ2n) is 7.92. The lowest BCUT2D eigenvalue weighted by Crippen LogP contribution is -2.57. The molecule has 3 rings (SSSR count). The van der Waals surface area contributed by atoms with E-state index in [0.29, 0.717) is 11.8 Å². The van der Waals surface area contributed by atoms with E-state index < -0.39 is 0 Å². The second-order valence-corrected chi connectivity index (χ2v) is 7.92. The van der Waals surface area contributed by atoms with E-state index in [1.165, 1.54) is 63.4 Å². The molecule has 0 aromatic heterocycles. The summed E-state index contributed by atoms with van der Waals surface area (Å²) in [7, 11) is 0. The molecule has 1 aromatic carbocycles. The van der Waals surface area contributed by atoms with Crippen molar-refractivity contribution in [3.63, 3.8) is 0 Å². The predicted molar refractivity (Wildman–Crippen MR) is 99.7 cm³/mol. The van der Waals surface area contributed by atoms with Crippen LogP contribution in [0.15, 0.2) is 18.2 Å². The van der Waals surface area contributed by atoms with Crippen molar-refractivity contribution in [1.29, 1.82) is 0 Å². The topological polar surface area (TPSA) is 12.0 Å². The first-order chi connectivity index (χ1) is 11.7. The Labute approximate surface area is 147 Å². The Morgan fingerprint density at radius 1 is 1.17 bits per heavy atom. The van der Waals surface area contributed by atoms with E-state index >= 15 is 0 Å². The Kier molecular flexibility index (Phi) is 5.97. The molecule has 1 heterocycles. The molecule has 2 heteroatoms. The summed E-state index contributed by atoms with van der Waals surface area (Å²) in [6.07, 6.45) is 12.4. The molecule has 0 spiro atoms. The van der Waals surface area contributed by atoms with Crippen molar-refractivity contribution in [2.45, 2.75) is 83.6 Å². The zero-order chi connectivity index (χ0) is 17.0. The van der Waals surface area contributed by atoms with Gasteiger partial charge in [0.15, 0.2) is 0 Å². The monoisotopic (exact) mass is 331 g/mol. The van der Waals surface area contributed by atoms with E-state index in [-0.39, 0.29) is 11.4 Å². The van der Waals surface area contributed by atoms with Crippen LogP contribution in [-0.2, 0) is 12.0 Å². The quantitative estimate of drug-likeness (QED) is 0.649. The number of halogens is 1. The summed E-state index contributed by atoms with van der Waals surface area (Å²) in [6, 6.07) is 5.83. The maximum absolute atomic E-state index is 14.6. The highest BCUT2D eigenvalue weighted by molar-refractivity contribution is 5.39. The summed E-state index contributed by atoms with van der Waals surface area (Å²) in [6.45, 7) is 5.51. The number of nitrogens with one attached hydrogen (secondary N) is 1. The lowest BCUT2D eigenvalue weighted by atomic mass is 9.63. The van der Waals surface area contributed by atoms with Crippen molar-refractivity contribution < 1.29 is 4.39 Å². The van der Waals surface area contributed by atoms with Gasteiger partial charge in [0.05, 0.1) is 0 Å². The summed E-state index contributed by atoms with van der Waals surface area (Å²) in [4.78, 5) is 0. The lowest BCUT2D eigenvalue weighted by Gasteiger charge is -2.50. The second kappa shape index (κ2) is 7.99. The molecule has 2 unspecified atom stereocenters. The van der Waals surface area contributed by atoms with E-state index in [2.05, 4.69) is 25.2 Å². The third-order valence-corrected chi connectivity index (χ3v) is 6.54. The van der Waals surface area contributed by atoms with Gasteiger partial charge in [-0.05, 0) is 61.1 Å². The Hall–Kier alpha value is -0.890. The van der Waals surface area contributed by atoms with Gasteiger partial charge in [-0.2, -0.15) is 0 Å². The van der Waals surface area contributed by atoms with E-state index in [1.54, 1.807) is 6.07 Å². The van der Waals surface area contributed by atoms with Crippen LogP contribution in [0.5, 0.6) is 0 Å². The van der Waals surface area contributed by atoms with Crippen LogP contribution >= 0.6 is 0 Å². The van der Waals surface area contributed by atoms with Gasteiger partial charge in [0.25, 0.3) is 0 Å². The Balaban J connectivity index is 2.08. The predicted octanol–water partition coefficient (Wildman–Crippen LogP) is 5.96. The maximum atomic E-state index is 14.6. The van der Waals surface area contributed by atoms with Crippen molar-refractivity contribution in [3.05, 3.63) is 35.1 Å². The number of benzene rings is 1. The normalized spacial score (nSPS) is 25.6. The molecule has 2 aliphatic rings. The fourth-order valence-corrected chi connectivity index (χ4v) is 5.53. The molecule has 0 radical (unpaired) electrons. The van der Waals surface area contributed by atoms with Gasteiger partial charge < -0.3 is 5.32 Å². The third-order valence-electron chi connectivity index (χ3n) is 6.54. The largest absolute Gasteiger partial charge is 0.307 e. The number of unbranched alkanes of at least 4 members (excludes halogenated alkanes) is 1. The summed E-state index contributed by atoms with van der Waals surface area (Å²) in [5.41, 5.74) is 2.31. The highest BCUT2D eigenvalue weighted by Gasteiger charge is 2.49. The first kappa shape index (κ1) is 17.9. The third kappa shape index (κ3) is 3.14. The smallest absolute Gasteiger partial charge is 0.126 e. The molecule has 1 fully saturated rings. The van der Waals surface area contributed by atoms with Crippen molar-refractivity contribution in [2.24, 2.45) is 11.8 Å². The summed E-state index contributed by atoms with van der Waals surface area (Å²) in [5.74, 6) is 1.32. The van der Waals surface area contributed by atoms with Crippen LogP contribution in [0.4, 0.5) is 4.39 Å². The van der Waals surface area contributed by atoms with Crippen LogP contribution in [0, 0.1) is 17.7 Å². The minimum absolute atomic E-state index is 0.0113. The summed E-state index contributed by atoms with van der Waals surface area (Å²) in [5, 5.41) is 3.99. The Morgan fingerprint density at radius 2 is 1.96 bits per heavy atom. The molecule has 2 atom stereocenters. The minimum atomic E-state index is 0.0113. The highest BCUT2D eigenvalue weighted by Crippen LogP contribution is 2.50. The van der Waals surface area contributed by atoms with E-state index in [4.69, 9.17) is 0 Å². The number of hydrogen-bond acceptors (Lipinski definition) is 1. The lowest BCUT2D eigenvalue weighted by molar-refractivity contribution is 0.0959. The molecule has 0 amide bonds. The minimum Gasteiger partial charge on any atom is -0.307 e.